The smallest absolute Gasteiger partial charge is 0.167 e. The molecule has 0 amide bonds. The highest BCUT2D eigenvalue weighted by atomic mass is 35.5. The first kappa shape index (κ1) is 19.3. The van der Waals surface area contributed by atoms with Crippen LogP contribution in [-0.4, -0.2) is 62.3 Å². The van der Waals surface area contributed by atoms with E-state index in [4.69, 9.17) is 16.3 Å². The molecule has 2 unspecified atom stereocenters. The van der Waals surface area contributed by atoms with Crippen LogP contribution in [0.15, 0.2) is 12.5 Å². The highest BCUT2D eigenvalue weighted by Crippen LogP contribution is 2.40. The van der Waals surface area contributed by atoms with Crippen LogP contribution in [0.3, 0.4) is 0 Å². The Morgan fingerprint density at radius 1 is 1.38 bits per heavy atom. The van der Waals surface area contributed by atoms with Crippen molar-refractivity contribution in [2.45, 2.75) is 50.6 Å². The lowest BCUT2D eigenvalue weighted by atomic mass is 9.96. The van der Waals surface area contributed by atoms with Gasteiger partial charge in [0.1, 0.15) is 43.0 Å². The van der Waals surface area contributed by atoms with Gasteiger partial charge < -0.3 is 24.6 Å². The van der Waals surface area contributed by atoms with Gasteiger partial charge in [-0.1, -0.05) is 37.2 Å². The second-order valence-corrected chi connectivity index (χ2v) is 12.8. The zero-order valence-corrected chi connectivity index (χ0v) is 16.8. The molecule has 0 aliphatic carbocycles. The molecular formula is C17H22ClN3O4Si. The predicted octanol–water partition coefficient (Wildman–Crippen LogP) is 1.32. The molecule has 0 aromatic carbocycles. The molecule has 2 aromatic heterocycles. The summed E-state index contributed by atoms with van der Waals surface area (Å²) in [6.45, 7) is 7.43. The molecule has 2 aromatic rings. The molecule has 3 N–H and O–H groups in total. The van der Waals surface area contributed by atoms with Crippen molar-refractivity contribution in [2.75, 3.05) is 6.61 Å². The number of nitrogens with zero attached hydrogens (tertiary/aromatic N) is 3. The van der Waals surface area contributed by atoms with Gasteiger partial charge in [0.15, 0.2) is 6.23 Å². The average molecular weight is 396 g/mol. The zero-order valence-electron chi connectivity index (χ0n) is 15.1. The first-order valence-electron chi connectivity index (χ1n) is 8.27. The predicted molar refractivity (Wildman–Crippen MR) is 100 cm³/mol. The van der Waals surface area contributed by atoms with Crippen LogP contribution in [0.2, 0.25) is 24.8 Å². The highest BCUT2D eigenvalue weighted by Gasteiger charge is 2.53. The lowest BCUT2D eigenvalue weighted by molar-refractivity contribution is -0.0948. The Hall–Kier alpha value is -1.47. The number of aliphatic hydroxyl groups is 3. The van der Waals surface area contributed by atoms with Gasteiger partial charge in [0, 0.05) is 6.20 Å². The Labute approximate surface area is 157 Å². The molecule has 9 heteroatoms. The van der Waals surface area contributed by atoms with Crippen molar-refractivity contribution >= 4 is 30.7 Å². The number of hydrogen-bond donors (Lipinski definition) is 3. The molecule has 7 nitrogen and oxygen atoms in total. The fourth-order valence-corrected chi connectivity index (χ4v) is 3.71. The molecule has 0 bridgehead atoms. The molecule has 0 spiro atoms. The standard InChI is InChI=1S/C17H22ClN3O4Si/c1-17(24)13(23)11(8-22)25-16(17)21-7-10(5-6-26(2,3)4)12-14(18)19-9-20-15(12)21/h7,9,11,13,16,22-24H,8H2,1-4H3/t11-,13-,16?,17?/m1/s1. The first-order valence-corrected chi connectivity index (χ1v) is 12.1. The number of fused-ring (bicyclic) bond motifs is 1. The topological polar surface area (TPSA) is 101 Å². The van der Waals surface area contributed by atoms with Gasteiger partial charge in [0.05, 0.1) is 17.6 Å². The van der Waals surface area contributed by atoms with Crippen molar-refractivity contribution in [1.29, 1.82) is 0 Å². The van der Waals surface area contributed by atoms with Crippen LogP contribution in [0, 0.1) is 11.5 Å². The molecule has 1 fully saturated rings. The minimum absolute atomic E-state index is 0.255. The SMILES string of the molecule is CC1(O)C(n2cc(C#C[Si](C)(C)C)c3c(Cl)ncnc32)O[C@H](CO)[C@H]1O. The lowest BCUT2D eigenvalue weighted by Gasteiger charge is -2.27. The Kier molecular flexibility index (Phi) is 4.90. The molecule has 26 heavy (non-hydrogen) atoms. The summed E-state index contributed by atoms with van der Waals surface area (Å²) in [5.41, 5.74) is 2.73. The third-order valence-corrected chi connectivity index (χ3v) is 5.48. The Balaban J connectivity index is 2.19. The van der Waals surface area contributed by atoms with E-state index in [1.807, 2.05) is 0 Å². The number of halogens is 1. The van der Waals surface area contributed by atoms with Gasteiger partial charge in [-0.15, -0.1) is 5.54 Å². The zero-order chi connectivity index (χ0) is 19.3. The van der Waals surface area contributed by atoms with Crippen LogP contribution in [0.1, 0.15) is 18.7 Å². The number of aromatic nitrogens is 3. The summed E-state index contributed by atoms with van der Waals surface area (Å²) >= 11 is 6.27. The maximum Gasteiger partial charge on any atom is 0.167 e. The van der Waals surface area contributed by atoms with E-state index >= 15 is 0 Å². The van der Waals surface area contributed by atoms with Gasteiger partial charge >= 0.3 is 0 Å². The summed E-state index contributed by atoms with van der Waals surface area (Å²) in [7, 11) is -1.63. The maximum atomic E-state index is 10.8. The number of aliphatic hydroxyl groups excluding tert-OH is 2. The highest BCUT2D eigenvalue weighted by molar-refractivity contribution is 6.83. The maximum absolute atomic E-state index is 10.8. The molecule has 0 radical (unpaired) electrons. The van der Waals surface area contributed by atoms with Crippen molar-refractivity contribution in [3.05, 3.63) is 23.2 Å². The minimum Gasteiger partial charge on any atom is -0.394 e. The first-order chi connectivity index (χ1) is 12.1. The van der Waals surface area contributed by atoms with E-state index in [-0.39, 0.29) is 5.15 Å². The van der Waals surface area contributed by atoms with Crippen LogP contribution in [0.25, 0.3) is 11.0 Å². The van der Waals surface area contributed by atoms with Crippen LogP contribution in [-0.2, 0) is 4.74 Å². The Bertz CT molecular complexity index is 897. The average Bonchev–Trinajstić information content (AvgIpc) is 3.02. The van der Waals surface area contributed by atoms with Gasteiger partial charge in [0.25, 0.3) is 0 Å². The third kappa shape index (κ3) is 3.27. The van der Waals surface area contributed by atoms with Crippen LogP contribution < -0.4 is 0 Å². The normalized spacial score (nSPS) is 29.0. The second-order valence-electron chi connectivity index (χ2n) is 7.69. The Morgan fingerprint density at radius 3 is 2.65 bits per heavy atom. The minimum atomic E-state index is -1.63. The van der Waals surface area contributed by atoms with Crippen molar-refractivity contribution in [2.24, 2.45) is 0 Å². The quantitative estimate of drug-likeness (QED) is 0.403. The molecule has 1 saturated heterocycles. The Morgan fingerprint density at radius 2 is 2.08 bits per heavy atom. The van der Waals surface area contributed by atoms with E-state index in [1.165, 1.54) is 13.3 Å². The fourth-order valence-electron chi connectivity index (χ4n) is 2.97. The molecule has 1 aliphatic heterocycles. The summed E-state index contributed by atoms with van der Waals surface area (Å²) in [4.78, 5) is 8.30. The summed E-state index contributed by atoms with van der Waals surface area (Å²) < 4.78 is 7.29. The van der Waals surface area contributed by atoms with Crippen molar-refractivity contribution < 1.29 is 20.1 Å². The van der Waals surface area contributed by atoms with E-state index in [1.54, 1.807) is 10.8 Å². The summed E-state index contributed by atoms with van der Waals surface area (Å²) in [6, 6.07) is 0. The van der Waals surface area contributed by atoms with Gasteiger partial charge in [-0.05, 0) is 6.92 Å². The van der Waals surface area contributed by atoms with E-state index < -0.39 is 38.7 Å². The van der Waals surface area contributed by atoms with Gasteiger partial charge in [-0.25, -0.2) is 9.97 Å². The van der Waals surface area contributed by atoms with E-state index in [2.05, 4.69) is 41.1 Å². The molecular weight excluding hydrogens is 374 g/mol. The van der Waals surface area contributed by atoms with Crippen molar-refractivity contribution in [3.63, 3.8) is 0 Å². The fraction of sp³-hybridized carbons (Fsp3) is 0.529. The summed E-state index contributed by atoms with van der Waals surface area (Å²) in [5, 5.41) is 31.3. The summed E-state index contributed by atoms with van der Waals surface area (Å²) in [5.74, 6) is 3.15. The molecule has 140 valence electrons. The van der Waals surface area contributed by atoms with Crippen molar-refractivity contribution in [3.8, 4) is 11.5 Å². The van der Waals surface area contributed by atoms with Gasteiger partial charge in [0.2, 0.25) is 0 Å². The number of ether oxygens (including phenoxy) is 1. The van der Waals surface area contributed by atoms with Crippen molar-refractivity contribution in [1.82, 2.24) is 14.5 Å². The van der Waals surface area contributed by atoms with Gasteiger partial charge in [-0.3, -0.25) is 0 Å². The monoisotopic (exact) mass is 395 g/mol. The van der Waals surface area contributed by atoms with E-state index in [9.17, 15) is 15.3 Å². The molecule has 0 saturated carbocycles. The summed E-state index contributed by atoms with van der Waals surface area (Å²) in [6.07, 6.45) is -0.0830. The molecule has 3 rings (SSSR count). The van der Waals surface area contributed by atoms with Crippen LogP contribution in [0.4, 0.5) is 0 Å². The number of rotatable bonds is 2. The van der Waals surface area contributed by atoms with E-state index in [0.717, 1.165) is 0 Å². The molecule has 3 heterocycles. The van der Waals surface area contributed by atoms with Crippen LogP contribution in [0.5, 0.6) is 0 Å². The largest absolute Gasteiger partial charge is 0.394 e. The van der Waals surface area contributed by atoms with Gasteiger partial charge in [-0.2, -0.15) is 0 Å². The third-order valence-electron chi connectivity index (χ3n) is 4.32. The van der Waals surface area contributed by atoms with Crippen LogP contribution >= 0.6 is 11.6 Å². The van der Waals surface area contributed by atoms with E-state index in [0.29, 0.717) is 16.6 Å². The molecule has 4 atom stereocenters. The molecule has 1 aliphatic rings. The second kappa shape index (κ2) is 6.60. The lowest BCUT2D eigenvalue weighted by Crippen LogP contribution is -2.44. The number of hydrogen-bond acceptors (Lipinski definition) is 6.